The molecule has 0 heterocycles. The highest BCUT2D eigenvalue weighted by Gasteiger charge is 2.23. The summed E-state index contributed by atoms with van der Waals surface area (Å²) in [5.41, 5.74) is 3.02. The van der Waals surface area contributed by atoms with Crippen LogP contribution >= 0.6 is 0 Å². The topological polar surface area (TPSA) is 72.5 Å². The zero-order valence-electron chi connectivity index (χ0n) is 14.3. The molecule has 3 rings (SSSR count). The fraction of sp³-hybridized carbons (Fsp3) is 0.316. The lowest BCUT2D eigenvalue weighted by atomic mass is 9.92. The number of methoxy groups -OCH3 is 1. The van der Waals surface area contributed by atoms with Crippen LogP contribution in [0.4, 0.5) is 5.69 Å². The highest BCUT2D eigenvalue weighted by molar-refractivity contribution is 7.92. The van der Waals surface area contributed by atoms with E-state index in [1.54, 1.807) is 24.3 Å². The number of anilines is 1. The third kappa shape index (κ3) is 3.69. The Morgan fingerprint density at radius 2 is 1.76 bits per heavy atom. The van der Waals surface area contributed by atoms with Crippen LogP contribution in [0.25, 0.3) is 0 Å². The molecule has 0 saturated carbocycles. The molecule has 1 N–H and O–H groups in total. The zero-order chi connectivity index (χ0) is 18.0. The normalized spacial score (nSPS) is 13.8. The lowest BCUT2D eigenvalue weighted by Gasteiger charge is -2.19. The number of benzene rings is 2. The molecule has 1 aliphatic carbocycles. The number of ketones is 1. The second kappa shape index (κ2) is 6.88. The third-order valence-electron chi connectivity index (χ3n) is 4.44. The smallest absolute Gasteiger partial charge is 0.265 e. The molecule has 0 saturated heterocycles. The molecular weight excluding hydrogens is 338 g/mol. The van der Waals surface area contributed by atoms with Crippen LogP contribution in [0.3, 0.4) is 0 Å². The Bertz CT molecular complexity index is 919. The van der Waals surface area contributed by atoms with Crippen molar-refractivity contribution < 1.29 is 17.9 Å². The molecule has 0 spiro atoms. The summed E-state index contributed by atoms with van der Waals surface area (Å²) in [6.07, 6.45) is 3.99. The van der Waals surface area contributed by atoms with E-state index in [-0.39, 0.29) is 10.7 Å². The van der Waals surface area contributed by atoms with Gasteiger partial charge >= 0.3 is 0 Å². The van der Waals surface area contributed by atoms with E-state index >= 15 is 0 Å². The molecule has 132 valence electrons. The monoisotopic (exact) mass is 359 g/mol. The Morgan fingerprint density at radius 1 is 1.08 bits per heavy atom. The number of aryl methyl sites for hydroxylation is 2. The van der Waals surface area contributed by atoms with Crippen molar-refractivity contribution in [1.29, 1.82) is 0 Å². The fourth-order valence-electron chi connectivity index (χ4n) is 3.12. The summed E-state index contributed by atoms with van der Waals surface area (Å²) >= 11 is 0. The molecule has 0 aromatic heterocycles. The molecule has 0 amide bonds. The number of Topliss-reactive ketones (excluding diaryl/α,β-unsaturated/α-hetero) is 1. The predicted molar refractivity (Wildman–Crippen MR) is 96.9 cm³/mol. The maximum Gasteiger partial charge on any atom is 0.265 e. The Labute approximate surface area is 148 Å². The number of ether oxygens (including phenoxy) is 1. The van der Waals surface area contributed by atoms with E-state index in [0.717, 1.165) is 36.8 Å². The Morgan fingerprint density at radius 3 is 2.40 bits per heavy atom. The molecule has 5 nitrogen and oxygen atoms in total. The van der Waals surface area contributed by atoms with Crippen LogP contribution < -0.4 is 9.46 Å². The minimum absolute atomic E-state index is 0.118. The van der Waals surface area contributed by atoms with Crippen LogP contribution in [0.15, 0.2) is 41.3 Å². The van der Waals surface area contributed by atoms with Gasteiger partial charge in [0.15, 0.2) is 5.78 Å². The first-order valence-corrected chi connectivity index (χ1v) is 9.72. The Hall–Kier alpha value is -2.34. The number of carbonyl (C=O) groups is 1. The van der Waals surface area contributed by atoms with Gasteiger partial charge in [0.1, 0.15) is 10.6 Å². The minimum atomic E-state index is -3.82. The van der Waals surface area contributed by atoms with Crippen molar-refractivity contribution in [3.8, 4) is 5.75 Å². The summed E-state index contributed by atoms with van der Waals surface area (Å²) in [6, 6.07) is 10.00. The third-order valence-corrected chi connectivity index (χ3v) is 5.84. The molecule has 0 unspecified atom stereocenters. The second-order valence-corrected chi connectivity index (χ2v) is 7.87. The molecule has 0 fully saturated rings. The molecule has 0 aliphatic heterocycles. The lowest BCUT2D eigenvalue weighted by Crippen LogP contribution is -2.16. The van der Waals surface area contributed by atoms with Gasteiger partial charge < -0.3 is 4.74 Å². The van der Waals surface area contributed by atoms with Crippen molar-refractivity contribution >= 4 is 21.5 Å². The lowest BCUT2D eigenvalue weighted by molar-refractivity contribution is 0.101. The van der Waals surface area contributed by atoms with Crippen LogP contribution in [0.1, 0.15) is 41.3 Å². The van der Waals surface area contributed by atoms with Gasteiger partial charge in [-0.05, 0) is 68.0 Å². The van der Waals surface area contributed by atoms with Gasteiger partial charge in [-0.15, -0.1) is 0 Å². The van der Waals surface area contributed by atoms with Crippen molar-refractivity contribution in [2.75, 3.05) is 11.8 Å². The average Bonchev–Trinajstić information content (AvgIpc) is 2.60. The van der Waals surface area contributed by atoms with E-state index in [4.69, 9.17) is 4.74 Å². The standard InChI is InChI=1S/C19H21NO4S/c1-13(21)14-8-5-9-17(10-14)20-25(22,23)19-12-16-7-4-3-6-15(16)11-18(19)24-2/h5,8-12,20H,3-4,6-7H2,1-2H3. The summed E-state index contributed by atoms with van der Waals surface area (Å²) in [6.45, 7) is 1.44. The highest BCUT2D eigenvalue weighted by Crippen LogP contribution is 2.33. The van der Waals surface area contributed by atoms with Crippen molar-refractivity contribution in [2.45, 2.75) is 37.5 Å². The first kappa shape index (κ1) is 17.5. The van der Waals surface area contributed by atoms with Crippen LogP contribution in [0.2, 0.25) is 0 Å². The first-order chi connectivity index (χ1) is 11.9. The van der Waals surface area contributed by atoms with E-state index in [0.29, 0.717) is 17.0 Å². The summed E-state index contributed by atoms with van der Waals surface area (Å²) in [7, 11) is -2.35. The van der Waals surface area contributed by atoms with Crippen molar-refractivity contribution in [2.24, 2.45) is 0 Å². The zero-order valence-corrected chi connectivity index (χ0v) is 15.2. The molecule has 1 aliphatic rings. The molecule has 0 bridgehead atoms. The van der Waals surface area contributed by atoms with E-state index < -0.39 is 10.0 Å². The van der Waals surface area contributed by atoms with Crippen molar-refractivity contribution in [3.63, 3.8) is 0 Å². The van der Waals surface area contributed by atoms with Gasteiger partial charge in [-0.1, -0.05) is 12.1 Å². The Balaban J connectivity index is 1.99. The van der Waals surface area contributed by atoms with Crippen molar-refractivity contribution in [1.82, 2.24) is 0 Å². The molecule has 2 aromatic rings. The van der Waals surface area contributed by atoms with E-state index in [9.17, 15) is 13.2 Å². The fourth-order valence-corrected chi connectivity index (χ4v) is 4.37. The summed E-state index contributed by atoms with van der Waals surface area (Å²) < 4.78 is 33.6. The van der Waals surface area contributed by atoms with Crippen LogP contribution in [0, 0.1) is 0 Å². The van der Waals surface area contributed by atoms with Crippen molar-refractivity contribution in [3.05, 3.63) is 53.1 Å². The van der Waals surface area contributed by atoms with E-state index in [1.807, 2.05) is 6.07 Å². The molecule has 6 heteroatoms. The Kier molecular flexibility index (Phi) is 4.81. The second-order valence-electron chi connectivity index (χ2n) is 6.22. The van der Waals surface area contributed by atoms with Gasteiger partial charge in [0.2, 0.25) is 0 Å². The predicted octanol–water partition coefficient (Wildman–Crippen LogP) is 3.58. The van der Waals surface area contributed by atoms with Gasteiger partial charge in [0.25, 0.3) is 10.0 Å². The molecule has 2 aromatic carbocycles. The number of hydrogen-bond acceptors (Lipinski definition) is 4. The van der Waals surface area contributed by atoms with Gasteiger partial charge in [-0.25, -0.2) is 8.42 Å². The SMILES string of the molecule is COc1cc2c(cc1S(=O)(=O)Nc1cccc(C(C)=O)c1)CCCC2. The number of nitrogens with one attached hydrogen (secondary N) is 1. The van der Waals surface area contributed by atoms with Gasteiger partial charge in [-0.2, -0.15) is 0 Å². The molecular formula is C19H21NO4S. The number of carbonyl (C=O) groups excluding carboxylic acids is 1. The molecule has 0 atom stereocenters. The summed E-state index contributed by atoms with van der Waals surface area (Å²) in [5, 5.41) is 0. The number of hydrogen-bond donors (Lipinski definition) is 1. The van der Waals surface area contributed by atoms with Crippen LogP contribution in [-0.4, -0.2) is 21.3 Å². The maximum atomic E-state index is 12.9. The average molecular weight is 359 g/mol. The van der Waals surface area contributed by atoms with Gasteiger partial charge in [0.05, 0.1) is 7.11 Å². The number of rotatable bonds is 5. The van der Waals surface area contributed by atoms with E-state index in [2.05, 4.69) is 4.72 Å². The maximum absolute atomic E-state index is 12.9. The molecule has 0 radical (unpaired) electrons. The van der Waals surface area contributed by atoms with Gasteiger partial charge in [-0.3, -0.25) is 9.52 Å². The summed E-state index contributed by atoms with van der Waals surface area (Å²) in [4.78, 5) is 11.6. The van der Waals surface area contributed by atoms with Crippen LogP contribution in [0.5, 0.6) is 5.75 Å². The quantitative estimate of drug-likeness (QED) is 0.828. The summed E-state index contributed by atoms with van der Waals surface area (Å²) in [5.74, 6) is 0.225. The number of fused-ring (bicyclic) bond motifs is 1. The van der Waals surface area contributed by atoms with Crippen LogP contribution in [-0.2, 0) is 22.9 Å². The largest absolute Gasteiger partial charge is 0.495 e. The number of sulfonamides is 1. The van der Waals surface area contributed by atoms with E-state index in [1.165, 1.54) is 20.1 Å². The first-order valence-electron chi connectivity index (χ1n) is 8.24. The van der Waals surface area contributed by atoms with Gasteiger partial charge in [0, 0.05) is 11.3 Å². The molecule has 25 heavy (non-hydrogen) atoms. The minimum Gasteiger partial charge on any atom is -0.495 e. The highest BCUT2D eigenvalue weighted by atomic mass is 32.2.